The Morgan fingerprint density at radius 2 is 2.29 bits per heavy atom. The summed E-state index contributed by atoms with van der Waals surface area (Å²) in [5.74, 6) is 0.927. The first-order chi connectivity index (χ1) is 8.31. The molecule has 0 aliphatic carbocycles. The number of hydrogen-bond acceptors (Lipinski definition) is 3. The minimum absolute atomic E-state index is 0.0542. The van der Waals surface area contributed by atoms with Crippen LogP contribution in [-0.2, 0) is 4.79 Å². The number of aliphatic imine (C=N–C) groups is 1. The van der Waals surface area contributed by atoms with E-state index in [0.717, 1.165) is 36.6 Å². The number of amides is 1. The van der Waals surface area contributed by atoms with Crippen LogP contribution in [0.15, 0.2) is 29.3 Å². The first-order valence-electron chi connectivity index (χ1n) is 5.99. The molecule has 0 atom stereocenters. The van der Waals surface area contributed by atoms with Gasteiger partial charge in [-0.1, -0.05) is 19.1 Å². The van der Waals surface area contributed by atoms with Gasteiger partial charge in [0.2, 0.25) is 5.91 Å². The second-order valence-corrected chi connectivity index (χ2v) is 4.00. The van der Waals surface area contributed by atoms with Crippen LogP contribution in [-0.4, -0.2) is 24.8 Å². The minimum atomic E-state index is 0.0542. The van der Waals surface area contributed by atoms with E-state index in [0.29, 0.717) is 6.42 Å². The fourth-order valence-electron chi connectivity index (χ4n) is 1.82. The molecule has 2 N–H and O–H groups in total. The van der Waals surface area contributed by atoms with Crippen LogP contribution in [0.4, 0.5) is 5.69 Å². The van der Waals surface area contributed by atoms with Crippen molar-refractivity contribution in [1.29, 1.82) is 0 Å². The number of carbonyl (C=O) groups is 1. The van der Waals surface area contributed by atoms with Crippen molar-refractivity contribution in [1.82, 2.24) is 5.32 Å². The molecule has 4 heteroatoms. The summed E-state index contributed by atoms with van der Waals surface area (Å²) in [6.07, 6.45) is 1.40. The number of benzene rings is 1. The number of para-hydroxylation sites is 1. The summed E-state index contributed by atoms with van der Waals surface area (Å²) in [4.78, 5) is 16.0. The van der Waals surface area contributed by atoms with E-state index in [2.05, 4.69) is 15.6 Å². The van der Waals surface area contributed by atoms with E-state index in [-0.39, 0.29) is 5.91 Å². The molecule has 0 spiro atoms. The molecule has 1 aromatic carbocycles. The highest BCUT2D eigenvalue weighted by atomic mass is 16.1. The molecule has 0 unspecified atom stereocenters. The van der Waals surface area contributed by atoms with Crippen LogP contribution in [0, 0.1) is 0 Å². The molecule has 1 heterocycles. The summed E-state index contributed by atoms with van der Waals surface area (Å²) in [6, 6.07) is 7.75. The molecular formula is C13H17N3O. The van der Waals surface area contributed by atoms with E-state index in [4.69, 9.17) is 0 Å². The number of nitrogens with zero attached hydrogens (tertiary/aromatic N) is 1. The predicted molar refractivity (Wildman–Crippen MR) is 69.4 cm³/mol. The second kappa shape index (κ2) is 5.48. The van der Waals surface area contributed by atoms with Gasteiger partial charge in [-0.3, -0.25) is 9.79 Å². The maximum absolute atomic E-state index is 11.6. The van der Waals surface area contributed by atoms with Crippen LogP contribution >= 0.6 is 0 Å². The first-order valence-corrected chi connectivity index (χ1v) is 5.99. The molecule has 0 saturated heterocycles. The molecule has 0 radical (unpaired) electrons. The lowest BCUT2D eigenvalue weighted by Crippen LogP contribution is -2.22. The molecule has 17 heavy (non-hydrogen) atoms. The van der Waals surface area contributed by atoms with E-state index < -0.39 is 0 Å². The predicted octanol–water partition coefficient (Wildman–Crippen LogP) is 1.77. The van der Waals surface area contributed by atoms with Crippen molar-refractivity contribution in [2.45, 2.75) is 19.8 Å². The van der Waals surface area contributed by atoms with Crippen LogP contribution < -0.4 is 10.6 Å². The van der Waals surface area contributed by atoms with Crippen molar-refractivity contribution in [3.63, 3.8) is 0 Å². The molecule has 90 valence electrons. The van der Waals surface area contributed by atoms with Crippen LogP contribution in [0.2, 0.25) is 0 Å². The fourth-order valence-corrected chi connectivity index (χ4v) is 1.82. The zero-order valence-corrected chi connectivity index (χ0v) is 9.99. The highest BCUT2D eigenvalue weighted by Crippen LogP contribution is 2.16. The van der Waals surface area contributed by atoms with Gasteiger partial charge in [-0.25, -0.2) is 0 Å². The Morgan fingerprint density at radius 1 is 1.47 bits per heavy atom. The normalized spacial score (nSPS) is 14.1. The topological polar surface area (TPSA) is 53.5 Å². The molecule has 1 aliphatic heterocycles. The number of hydrogen-bond donors (Lipinski definition) is 2. The molecule has 1 aliphatic rings. The average molecular weight is 231 g/mol. The van der Waals surface area contributed by atoms with Gasteiger partial charge >= 0.3 is 0 Å². The lowest BCUT2D eigenvalue weighted by molar-refractivity contribution is -0.116. The zero-order chi connectivity index (χ0) is 12.1. The number of amidine groups is 1. The van der Waals surface area contributed by atoms with Crippen molar-refractivity contribution in [3.05, 3.63) is 29.8 Å². The summed E-state index contributed by atoms with van der Waals surface area (Å²) in [5, 5.41) is 6.15. The summed E-state index contributed by atoms with van der Waals surface area (Å²) in [5.41, 5.74) is 1.80. The van der Waals surface area contributed by atoms with Crippen molar-refractivity contribution < 1.29 is 4.79 Å². The third-order valence-corrected chi connectivity index (χ3v) is 2.61. The van der Waals surface area contributed by atoms with E-state index in [1.807, 2.05) is 31.2 Å². The third kappa shape index (κ3) is 2.84. The Morgan fingerprint density at radius 3 is 3.00 bits per heavy atom. The molecule has 2 rings (SSSR count). The molecular weight excluding hydrogens is 214 g/mol. The Balaban J connectivity index is 2.18. The highest BCUT2D eigenvalue weighted by molar-refractivity contribution is 6.07. The van der Waals surface area contributed by atoms with Gasteiger partial charge in [0, 0.05) is 18.5 Å². The van der Waals surface area contributed by atoms with Crippen molar-refractivity contribution in [2.24, 2.45) is 4.99 Å². The van der Waals surface area contributed by atoms with Gasteiger partial charge in [-0.15, -0.1) is 0 Å². The maximum Gasteiger partial charge on any atom is 0.224 e. The van der Waals surface area contributed by atoms with Gasteiger partial charge in [0.15, 0.2) is 0 Å². The van der Waals surface area contributed by atoms with Gasteiger partial charge in [-0.05, 0) is 18.6 Å². The van der Waals surface area contributed by atoms with Crippen molar-refractivity contribution in [2.75, 3.05) is 18.4 Å². The van der Waals surface area contributed by atoms with Gasteiger partial charge in [0.25, 0.3) is 0 Å². The van der Waals surface area contributed by atoms with E-state index in [1.165, 1.54) is 0 Å². The van der Waals surface area contributed by atoms with Gasteiger partial charge in [0.1, 0.15) is 5.84 Å². The van der Waals surface area contributed by atoms with Gasteiger partial charge in [-0.2, -0.15) is 0 Å². The summed E-state index contributed by atoms with van der Waals surface area (Å²) < 4.78 is 0. The summed E-state index contributed by atoms with van der Waals surface area (Å²) >= 11 is 0. The third-order valence-electron chi connectivity index (χ3n) is 2.61. The lowest BCUT2D eigenvalue weighted by atomic mass is 10.1. The van der Waals surface area contributed by atoms with Crippen molar-refractivity contribution in [3.8, 4) is 0 Å². The number of anilines is 1. The monoisotopic (exact) mass is 231 g/mol. The van der Waals surface area contributed by atoms with Crippen LogP contribution in [0.3, 0.4) is 0 Å². The highest BCUT2D eigenvalue weighted by Gasteiger charge is 2.13. The molecule has 1 amide bonds. The molecule has 0 bridgehead atoms. The molecule has 1 aromatic rings. The van der Waals surface area contributed by atoms with Gasteiger partial charge in [0.05, 0.1) is 12.2 Å². The SMILES string of the molecule is CCCC(=O)Nc1ccccc1C1=NCCN1. The number of rotatable bonds is 4. The maximum atomic E-state index is 11.6. The smallest absolute Gasteiger partial charge is 0.224 e. The molecule has 0 aromatic heterocycles. The zero-order valence-electron chi connectivity index (χ0n) is 9.99. The van der Waals surface area contributed by atoms with E-state index >= 15 is 0 Å². The second-order valence-electron chi connectivity index (χ2n) is 4.00. The first kappa shape index (κ1) is 11.6. The summed E-state index contributed by atoms with van der Waals surface area (Å²) in [6.45, 7) is 3.66. The van der Waals surface area contributed by atoms with Crippen LogP contribution in [0.25, 0.3) is 0 Å². The van der Waals surface area contributed by atoms with Gasteiger partial charge < -0.3 is 10.6 Å². The van der Waals surface area contributed by atoms with Crippen LogP contribution in [0.1, 0.15) is 25.3 Å². The standard InChI is InChI=1S/C13H17N3O/c1-2-5-12(17)16-11-7-4-3-6-10(11)13-14-8-9-15-13/h3-4,6-7H,2,5,8-9H2,1H3,(H,14,15)(H,16,17). The number of nitrogens with one attached hydrogen (secondary N) is 2. The number of carbonyl (C=O) groups excluding carboxylic acids is 1. The average Bonchev–Trinajstić information content (AvgIpc) is 2.83. The molecule has 0 saturated carbocycles. The largest absolute Gasteiger partial charge is 0.368 e. The minimum Gasteiger partial charge on any atom is -0.368 e. The molecule has 4 nitrogen and oxygen atoms in total. The Labute approximate surface area is 101 Å². The van der Waals surface area contributed by atoms with E-state index in [9.17, 15) is 4.79 Å². The summed E-state index contributed by atoms with van der Waals surface area (Å²) in [7, 11) is 0. The Kier molecular flexibility index (Phi) is 3.75. The Bertz CT molecular complexity index is 440. The fraction of sp³-hybridized carbons (Fsp3) is 0.385. The Hall–Kier alpha value is -1.84. The van der Waals surface area contributed by atoms with Crippen LogP contribution in [0.5, 0.6) is 0 Å². The molecule has 0 fully saturated rings. The quantitative estimate of drug-likeness (QED) is 0.829. The lowest BCUT2D eigenvalue weighted by Gasteiger charge is -2.10. The van der Waals surface area contributed by atoms with Crippen molar-refractivity contribution >= 4 is 17.4 Å². The van der Waals surface area contributed by atoms with E-state index in [1.54, 1.807) is 0 Å².